The fourth-order valence-electron chi connectivity index (χ4n) is 1.07. The van der Waals surface area contributed by atoms with Gasteiger partial charge in [0.05, 0.1) is 0 Å². The summed E-state index contributed by atoms with van der Waals surface area (Å²) >= 11 is 14.7. The van der Waals surface area contributed by atoms with Gasteiger partial charge in [-0.05, 0) is 11.5 Å². The molecular weight excluding hydrogens is 280 g/mol. The van der Waals surface area contributed by atoms with Gasteiger partial charge in [0.1, 0.15) is 0 Å². The molecule has 15 heavy (non-hydrogen) atoms. The molecule has 92 valence electrons. The van der Waals surface area contributed by atoms with E-state index >= 15 is 0 Å². The summed E-state index contributed by atoms with van der Waals surface area (Å²) in [5.41, 5.74) is 0. The second kappa shape index (κ2) is 12.2. The van der Waals surface area contributed by atoms with Crippen LogP contribution in [0, 0.1) is 0 Å². The minimum atomic E-state index is 0.698. The van der Waals surface area contributed by atoms with Gasteiger partial charge >= 0.3 is 0 Å². The van der Waals surface area contributed by atoms with E-state index in [0.717, 1.165) is 22.5 Å². The van der Waals surface area contributed by atoms with E-state index in [1.54, 1.807) is 0 Å². The molecule has 0 fully saturated rings. The zero-order valence-electron chi connectivity index (χ0n) is 9.52. The van der Waals surface area contributed by atoms with E-state index < -0.39 is 0 Å². The summed E-state index contributed by atoms with van der Waals surface area (Å²) < 4.78 is 0. The molecule has 0 aliphatic carbocycles. The molecule has 0 N–H and O–H groups in total. The monoisotopic (exact) mass is 302 g/mol. The van der Waals surface area contributed by atoms with Crippen molar-refractivity contribution in [2.45, 2.75) is 24.3 Å². The highest BCUT2D eigenvalue weighted by atomic mass is 32.2. The number of hydrogen-bond acceptors (Lipinski definition) is 5. The molecule has 0 nitrogen and oxygen atoms in total. The van der Waals surface area contributed by atoms with Crippen LogP contribution in [0.25, 0.3) is 0 Å². The topological polar surface area (TPSA) is 0 Å². The maximum Gasteiger partial charge on any atom is 0.0226 e. The van der Waals surface area contributed by atoms with Crippen LogP contribution in [0.4, 0.5) is 0 Å². The summed E-state index contributed by atoms with van der Waals surface area (Å²) in [5.74, 6) is 6.84. The fourth-order valence-corrected chi connectivity index (χ4v) is 5.32. The molecule has 0 rings (SSSR count). The van der Waals surface area contributed by atoms with Gasteiger partial charge in [-0.2, -0.15) is 60.5 Å². The average Bonchev–Trinajstić information content (AvgIpc) is 2.23. The van der Waals surface area contributed by atoms with Crippen LogP contribution in [-0.4, -0.2) is 45.0 Å². The average molecular weight is 303 g/mol. The zero-order chi connectivity index (χ0) is 11.5. The van der Waals surface area contributed by atoms with Crippen molar-refractivity contribution >= 4 is 60.5 Å². The molecule has 0 bridgehead atoms. The van der Waals surface area contributed by atoms with Crippen LogP contribution in [0.5, 0.6) is 0 Å². The summed E-state index contributed by atoms with van der Waals surface area (Å²) in [5, 5.41) is 1.49. The minimum Gasteiger partial charge on any atom is -0.179 e. The van der Waals surface area contributed by atoms with Crippen molar-refractivity contribution in [1.29, 1.82) is 0 Å². The normalized spacial score (nSPS) is 15.2. The summed E-state index contributed by atoms with van der Waals surface area (Å²) in [7, 11) is 0. The SMILES string of the molecule is CCSC(C)CSCC(CS)SCCS. The molecular formula is C10H22S5. The molecule has 0 aliphatic heterocycles. The van der Waals surface area contributed by atoms with Gasteiger partial charge in [0.15, 0.2) is 0 Å². The Labute approximate surface area is 119 Å². The second-order valence-electron chi connectivity index (χ2n) is 3.20. The summed E-state index contributed by atoms with van der Waals surface area (Å²) in [4.78, 5) is 0. The molecule has 0 aromatic heterocycles. The van der Waals surface area contributed by atoms with Crippen molar-refractivity contribution in [1.82, 2.24) is 0 Å². The lowest BCUT2D eigenvalue weighted by Crippen LogP contribution is -2.12. The molecule has 0 aromatic carbocycles. The van der Waals surface area contributed by atoms with Gasteiger partial charge in [-0.3, -0.25) is 0 Å². The molecule has 0 spiro atoms. The molecule has 0 aromatic rings. The van der Waals surface area contributed by atoms with E-state index in [1.165, 1.54) is 17.3 Å². The highest BCUT2D eigenvalue weighted by Gasteiger charge is 2.08. The predicted molar refractivity (Wildman–Crippen MR) is 88.9 cm³/mol. The van der Waals surface area contributed by atoms with Gasteiger partial charge in [0, 0.05) is 33.5 Å². The van der Waals surface area contributed by atoms with Gasteiger partial charge in [0.25, 0.3) is 0 Å². The maximum absolute atomic E-state index is 4.39. The number of thiol groups is 2. The second-order valence-corrected chi connectivity index (χ2v) is 8.21. The summed E-state index contributed by atoms with van der Waals surface area (Å²) in [6, 6.07) is 0. The van der Waals surface area contributed by atoms with E-state index in [0.29, 0.717) is 5.25 Å². The van der Waals surface area contributed by atoms with Crippen molar-refractivity contribution < 1.29 is 0 Å². The Morgan fingerprint density at radius 1 is 1.13 bits per heavy atom. The van der Waals surface area contributed by atoms with Crippen LogP contribution in [0.2, 0.25) is 0 Å². The Bertz CT molecular complexity index is 131. The molecule has 0 radical (unpaired) electrons. The van der Waals surface area contributed by atoms with Crippen molar-refractivity contribution in [3.05, 3.63) is 0 Å². The fraction of sp³-hybridized carbons (Fsp3) is 1.00. The first kappa shape index (κ1) is 16.8. The quantitative estimate of drug-likeness (QED) is 0.589. The van der Waals surface area contributed by atoms with Gasteiger partial charge in [-0.25, -0.2) is 0 Å². The molecule has 5 heteroatoms. The molecule has 0 saturated heterocycles. The number of rotatable bonds is 10. The van der Waals surface area contributed by atoms with E-state index in [4.69, 9.17) is 0 Å². The molecule has 0 saturated carbocycles. The van der Waals surface area contributed by atoms with Crippen LogP contribution in [0.15, 0.2) is 0 Å². The van der Waals surface area contributed by atoms with Gasteiger partial charge in [-0.1, -0.05) is 13.8 Å². The molecule has 2 unspecified atom stereocenters. The Balaban J connectivity index is 3.44. The first-order chi connectivity index (χ1) is 7.24. The van der Waals surface area contributed by atoms with Gasteiger partial charge in [0.2, 0.25) is 0 Å². The van der Waals surface area contributed by atoms with E-state index in [1.807, 2.05) is 23.5 Å². The third-order valence-electron chi connectivity index (χ3n) is 1.76. The molecule has 2 atom stereocenters. The standard InChI is InChI=1S/C10H22S5/c1-3-14-9(2)7-13-8-10(6-12)15-5-4-11/h9-12H,3-8H2,1-2H3. The number of hydrogen-bond donors (Lipinski definition) is 2. The zero-order valence-corrected chi connectivity index (χ0v) is 13.8. The number of thioether (sulfide) groups is 3. The predicted octanol–water partition coefficient (Wildman–Crippen LogP) is 3.82. The lowest BCUT2D eigenvalue weighted by atomic mass is 10.5. The Kier molecular flexibility index (Phi) is 13.6. The van der Waals surface area contributed by atoms with Crippen LogP contribution in [0.1, 0.15) is 13.8 Å². The van der Waals surface area contributed by atoms with Gasteiger partial charge < -0.3 is 0 Å². The van der Waals surface area contributed by atoms with Crippen LogP contribution in [-0.2, 0) is 0 Å². The van der Waals surface area contributed by atoms with Crippen LogP contribution < -0.4 is 0 Å². The van der Waals surface area contributed by atoms with Crippen molar-refractivity contribution in [2.75, 3.05) is 34.5 Å². The lowest BCUT2D eigenvalue weighted by Gasteiger charge is -2.15. The van der Waals surface area contributed by atoms with E-state index in [9.17, 15) is 0 Å². The Morgan fingerprint density at radius 2 is 1.87 bits per heavy atom. The van der Waals surface area contributed by atoms with E-state index in [2.05, 4.69) is 50.9 Å². The van der Waals surface area contributed by atoms with Crippen molar-refractivity contribution in [2.24, 2.45) is 0 Å². The largest absolute Gasteiger partial charge is 0.179 e. The first-order valence-corrected chi connectivity index (χ1v) is 9.78. The van der Waals surface area contributed by atoms with Crippen molar-refractivity contribution in [3.8, 4) is 0 Å². The Morgan fingerprint density at radius 3 is 2.40 bits per heavy atom. The van der Waals surface area contributed by atoms with Crippen LogP contribution >= 0.6 is 60.5 Å². The molecule has 0 aliphatic rings. The van der Waals surface area contributed by atoms with Gasteiger partial charge in [-0.15, -0.1) is 0 Å². The molecule has 0 amide bonds. The highest BCUT2D eigenvalue weighted by molar-refractivity contribution is 8.05. The first-order valence-electron chi connectivity index (χ1n) is 5.27. The highest BCUT2D eigenvalue weighted by Crippen LogP contribution is 2.21. The third kappa shape index (κ3) is 10.6. The smallest absolute Gasteiger partial charge is 0.0226 e. The summed E-state index contributed by atoms with van der Waals surface area (Å²) in [6.07, 6.45) is 0. The third-order valence-corrected chi connectivity index (χ3v) is 7.08. The lowest BCUT2D eigenvalue weighted by molar-refractivity contribution is 1.11. The van der Waals surface area contributed by atoms with Crippen LogP contribution in [0.3, 0.4) is 0 Å². The molecule has 0 heterocycles. The maximum atomic E-state index is 4.39. The Hall–Kier alpha value is 1.75. The van der Waals surface area contributed by atoms with E-state index in [-0.39, 0.29) is 0 Å². The minimum absolute atomic E-state index is 0.698. The van der Waals surface area contributed by atoms with Crippen molar-refractivity contribution in [3.63, 3.8) is 0 Å². The summed E-state index contributed by atoms with van der Waals surface area (Å²) in [6.45, 7) is 4.54.